The van der Waals surface area contributed by atoms with E-state index in [1.165, 1.54) is 5.56 Å². The highest BCUT2D eigenvalue weighted by molar-refractivity contribution is 5.79. The van der Waals surface area contributed by atoms with Crippen LogP contribution in [-0.2, 0) is 13.0 Å². The molecule has 8 heteroatoms. The first-order chi connectivity index (χ1) is 15.2. The minimum absolute atomic E-state index is 0.506. The van der Waals surface area contributed by atoms with Crippen LogP contribution in [-0.4, -0.2) is 47.5 Å². The van der Waals surface area contributed by atoms with Gasteiger partial charge in [-0.25, -0.2) is 0 Å². The van der Waals surface area contributed by atoms with Gasteiger partial charge in [-0.2, -0.15) is 0 Å². The lowest BCUT2D eigenvalue weighted by atomic mass is 10.1. The van der Waals surface area contributed by atoms with Gasteiger partial charge in [0.2, 0.25) is 0 Å². The predicted octanol–water partition coefficient (Wildman–Crippen LogP) is 2.97. The van der Waals surface area contributed by atoms with Crippen LogP contribution in [0.4, 0.5) is 0 Å². The van der Waals surface area contributed by atoms with Crippen LogP contribution in [0.2, 0.25) is 0 Å². The topological polar surface area (TPSA) is 85.6 Å². The molecule has 0 saturated heterocycles. The fraction of sp³-hybridized carbons (Fsp3) is 0.348. The Bertz CT molecular complexity index is 971. The van der Waals surface area contributed by atoms with E-state index >= 15 is 0 Å². The third-order valence-electron chi connectivity index (χ3n) is 4.60. The minimum Gasteiger partial charge on any atom is -0.490 e. The molecular formula is C23H30N6O2. The second-order valence-corrected chi connectivity index (χ2v) is 6.70. The van der Waals surface area contributed by atoms with E-state index in [1.807, 2.05) is 60.9 Å². The molecular weight excluding hydrogens is 392 g/mol. The summed E-state index contributed by atoms with van der Waals surface area (Å²) < 4.78 is 13.3. The van der Waals surface area contributed by atoms with Gasteiger partial charge in [0.1, 0.15) is 6.33 Å². The largest absolute Gasteiger partial charge is 0.490 e. The maximum atomic E-state index is 5.71. The lowest BCUT2D eigenvalue weighted by Crippen LogP contribution is -2.38. The highest BCUT2D eigenvalue weighted by Gasteiger charge is 2.08. The predicted molar refractivity (Wildman–Crippen MR) is 122 cm³/mol. The first-order valence-corrected chi connectivity index (χ1v) is 10.5. The van der Waals surface area contributed by atoms with E-state index in [0.29, 0.717) is 25.7 Å². The van der Waals surface area contributed by atoms with Gasteiger partial charge in [0.05, 0.1) is 19.8 Å². The van der Waals surface area contributed by atoms with Gasteiger partial charge in [0.25, 0.3) is 0 Å². The fourth-order valence-electron chi connectivity index (χ4n) is 3.14. The Hall–Kier alpha value is -3.55. The second-order valence-electron chi connectivity index (χ2n) is 6.70. The molecule has 0 aliphatic rings. The van der Waals surface area contributed by atoms with E-state index in [-0.39, 0.29) is 0 Å². The third-order valence-corrected chi connectivity index (χ3v) is 4.60. The number of guanidine groups is 1. The van der Waals surface area contributed by atoms with Gasteiger partial charge in [-0.1, -0.05) is 24.3 Å². The molecule has 8 nitrogen and oxygen atoms in total. The summed E-state index contributed by atoms with van der Waals surface area (Å²) in [6, 6.07) is 16.1. The van der Waals surface area contributed by atoms with Crippen molar-refractivity contribution in [2.24, 2.45) is 4.99 Å². The third kappa shape index (κ3) is 6.21. The van der Waals surface area contributed by atoms with Crippen LogP contribution in [0, 0.1) is 0 Å². The molecule has 0 amide bonds. The standard InChI is InChI=1S/C23H30N6O2/c1-4-30-20-12-11-18(15-21(20)31-5-2)13-14-25-23(24-3)26-16-22-28-27-17-29(22)19-9-7-6-8-10-19/h6-12,15,17H,4-5,13-14,16H2,1-3H3,(H2,24,25,26). The molecule has 0 atom stereocenters. The summed E-state index contributed by atoms with van der Waals surface area (Å²) in [6.07, 6.45) is 2.54. The number of hydrogen-bond donors (Lipinski definition) is 2. The molecule has 3 aromatic rings. The van der Waals surface area contributed by atoms with Gasteiger partial charge in [-0.15, -0.1) is 10.2 Å². The molecule has 0 radical (unpaired) electrons. The normalized spacial score (nSPS) is 11.3. The quantitative estimate of drug-likeness (QED) is 0.386. The van der Waals surface area contributed by atoms with E-state index in [1.54, 1.807) is 13.4 Å². The van der Waals surface area contributed by atoms with Crippen molar-refractivity contribution in [2.45, 2.75) is 26.8 Å². The zero-order valence-corrected chi connectivity index (χ0v) is 18.3. The smallest absolute Gasteiger partial charge is 0.191 e. The molecule has 0 aliphatic carbocycles. The Morgan fingerprint density at radius 1 is 1.00 bits per heavy atom. The SMILES string of the molecule is CCOc1ccc(CCNC(=NC)NCc2nncn2-c2ccccc2)cc1OCC. The van der Waals surface area contributed by atoms with Crippen molar-refractivity contribution < 1.29 is 9.47 Å². The number of aromatic nitrogens is 3. The molecule has 0 aliphatic heterocycles. The molecule has 0 fully saturated rings. The minimum atomic E-state index is 0.506. The van der Waals surface area contributed by atoms with Crippen molar-refractivity contribution in [2.75, 3.05) is 26.8 Å². The molecule has 0 unspecified atom stereocenters. The van der Waals surface area contributed by atoms with Gasteiger partial charge < -0.3 is 20.1 Å². The number of ether oxygens (including phenoxy) is 2. The van der Waals surface area contributed by atoms with E-state index in [0.717, 1.165) is 36.0 Å². The number of nitrogens with one attached hydrogen (secondary N) is 2. The summed E-state index contributed by atoms with van der Waals surface area (Å²) in [5.74, 6) is 3.08. The Morgan fingerprint density at radius 2 is 1.77 bits per heavy atom. The maximum Gasteiger partial charge on any atom is 0.191 e. The molecule has 3 rings (SSSR count). The van der Waals surface area contributed by atoms with Crippen LogP contribution in [0.25, 0.3) is 5.69 Å². The van der Waals surface area contributed by atoms with Crippen LogP contribution in [0.3, 0.4) is 0 Å². The molecule has 2 N–H and O–H groups in total. The molecule has 0 spiro atoms. The van der Waals surface area contributed by atoms with E-state index in [2.05, 4.69) is 31.9 Å². The first kappa shape index (κ1) is 22.1. The highest BCUT2D eigenvalue weighted by Crippen LogP contribution is 2.28. The van der Waals surface area contributed by atoms with Crippen molar-refractivity contribution in [1.29, 1.82) is 0 Å². The highest BCUT2D eigenvalue weighted by atomic mass is 16.5. The Labute approximate surface area is 183 Å². The lowest BCUT2D eigenvalue weighted by molar-refractivity contribution is 0.287. The van der Waals surface area contributed by atoms with Crippen molar-refractivity contribution >= 4 is 5.96 Å². The molecule has 2 aromatic carbocycles. The molecule has 0 bridgehead atoms. The van der Waals surface area contributed by atoms with Crippen LogP contribution in [0.1, 0.15) is 25.2 Å². The van der Waals surface area contributed by atoms with Gasteiger partial charge >= 0.3 is 0 Å². The zero-order valence-electron chi connectivity index (χ0n) is 18.3. The van der Waals surface area contributed by atoms with Gasteiger partial charge in [-0.3, -0.25) is 9.56 Å². The molecule has 1 heterocycles. The monoisotopic (exact) mass is 422 g/mol. The van der Waals surface area contributed by atoms with Crippen LogP contribution >= 0.6 is 0 Å². The zero-order chi connectivity index (χ0) is 21.9. The average Bonchev–Trinajstić information content (AvgIpc) is 3.27. The van der Waals surface area contributed by atoms with E-state index in [4.69, 9.17) is 9.47 Å². The summed E-state index contributed by atoms with van der Waals surface area (Å²) >= 11 is 0. The van der Waals surface area contributed by atoms with Crippen molar-refractivity contribution in [3.63, 3.8) is 0 Å². The molecule has 164 valence electrons. The molecule has 1 aromatic heterocycles. The van der Waals surface area contributed by atoms with Crippen LogP contribution in [0.5, 0.6) is 11.5 Å². The van der Waals surface area contributed by atoms with Gasteiger partial charge in [0.15, 0.2) is 23.3 Å². The summed E-state index contributed by atoms with van der Waals surface area (Å²) in [5.41, 5.74) is 2.19. The van der Waals surface area contributed by atoms with Gasteiger partial charge in [-0.05, 0) is 50.1 Å². The maximum absolute atomic E-state index is 5.71. The second kappa shape index (κ2) is 11.6. The molecule has 31 heavy (non-hydrogen) atoms. The Kier molecular flexibility index (Phi) is 8.28. The first-order valence-electron chi connectivity index (χ1n) is 10.5. The number of hydrogen-bond acceptors (Lipinski definition) is 5. The molecule has 0 saturated carbocycles. The summed E-state index contributed by atoms with van der Waals surface area (Å²) in [5, 5.41) is 14.9. The summed E-state index contributed by atoms with van der Waals surface area (Å²) in [4.78, 5) is 4.30. The van der Waals surface area contributed by atoms with E-state index < -0.39 is 0 Å². The van der Waals surface area contributed by atoms with Crippen LogP contribution < -0.4 is 20.1 Å². The van der Waals surface area contributed by atoms with Crippen molar-refractivity contribution in [3.8, 4) is 17.2 Å². The number of para-hydroxylation sites is 1. The number of nitrogens with zero attached hydrogens (tertiary/aromatic N) is 4. The van der Waals surface area contributed by atoms with Crippen molar-refractivity contribution in [3.05, 3.63) is 66.2 Å². The lowest BCUT2D eigenvalue weighted by Gasteiger charge is -2.14. The average molecular weight is 423 g/mol. The number of rotatable bonds is 10. The summed E-state index contributed by atoms with van der Waals surface area (Å²) in [6.45, 7) is 6.39. The Morgan fingerprint density at radius 3 is 2.52 bits per heavy atom. The van der Waals surface area contributed by atoms with E-state index in [9.17, 15) is 0 Å². The summed E-state index contributed by atoms with van der Waals surface area (Å²) in [7, 11) is 1.75. The van der Waals surface area contributed by atoms with Crippen molar-refractivity contribution in [1.82, 2.24) is 25.4 Å². The van der Waals surface area contributed by atoms with Gasteiger partial charge in [0, 0.05) is 19.3 Å². The number of benzene rings is 2. The Balaban J connectivity index is 1.53. The number of aliphatic imine (C=N–C) groups is 1. The van der Waals surface area contributed by atoms with Crippen LogP contribution in [0.15, 0.2) is 59.9 Å². The fourth-order valence-corrected chi connectivity index (χ4v) is 3.14.